The van der Waals surface area contributed by atoms with E-state index >= 15 is 0 Å². The second kappa shape index (κ2) is 7.74. The second-order valence-electron chi connectivity index (χ2n) is 7.09. The molecule has 5 heteroatoms. The van der Waals surface area contributed by atoms with Gasteiger partial charge in [0.25, 0.3) is 0 Å². The monoisotopic (exact) mass is 365 g/mol. The van der Waals surface area contributed by atoms with Gasteiger partial charge in [-0.05, 0) is 38.5 Å². The van der Waals surface area contributed by atoms with Crippen LogP contribution in [0.2, 0.25) is 0 Å². The standard InChI is InChI=1S/C22H23NO4/c1-14-4-7-18(8-5-14)23-12-17(11-21(23)25)22(26)27-13-20(24)19-9-6-15(2)10-16(19)3/h4-10,17H,11-13H2,1-3H3/t17-/m1/s1. The van der Waals surface area contributed by atoms with E-state index in [4.69, 9.17) is 4.74 Å². The fourth-order valence-corrected chi connectivity index (χ4v) is 3.30. The molecule has 1 atom stereocenters. The molecule has 0 N–H and O–H groups in total. The van der Waals surface area contributed by atoms with E-state index in [9.17, 15) is 14.4 Å². The van der Waals surface area contributed by atoms with Crippen molar-refractivity contribution >= 4 is 23.3 Å². The summed E-state index contributed by atoms with van der Waals surface area (Å²) in [5, 5.41) is 0. The number of nitrogens with zero attached hydrogens (tertiary/aromatic N) is 1. The number of esters is 1. The lowest BCUT2D eigenvalue weighted by Gasteiger charge is -2.16. The van der Waals surface area contributed by atoms with Gasteiger partial charge in [-0.1, -0.05) is 41.5 Å². The van der Waals surface area contributed by atoms with Crippen molar-refractivity contribution < 1.29 is 19.1 Å². The molecule has 1 aliphatic rings. The smallest absolute Gasteiger partial charge is 0.311 e. The number of rotatable bonds is 5. The number of anilines is 1. The van der Waals surface area contributed by atoms with E-state index in [1.54, 1.807) is 11.0 Å². The van der Waals surface area contributed by atoms with Gasteiger partial charge in [-0.2, -0.15) is 0 Å². The van der Waals surface area contributed by atoms with Crippen LogP contribution in [0.25, 0.3) is 0 Å². The summed E-state index contributed by atoms with van der Waals surface area (Å²) in [5.41, 5.74) is 4.36. The highest BCUT2D eigenvalue weighted by Gasteiger charge is 2.36. The first kappa shape index (κ1) is 18.8. The second-order valence-corrected chi connectivity index (χ2v) is 7.09. The van der Waals surface area contributed by atoms with Gasteiger partial charge in [0.15, 0.2) is 6.61 Å². The van der Waals surface area contributed by atoms with Crippen molar-refractivity contribution in [1.29, 1.82) is 0 Å². The van der Waals surface area contributed by atoms with Gasteiger partial charge in [0.1, 0.15) is 0 Å². The molecule has 5 nitrogen and oxygen atoms in total. The molecule has 0 aromatic heterocycles. The predicted molar refractivity (Wildman–Crippen MR) is 103 cm³/mol. The zero-order valence-electron chi connectivity index (χ0n) is 15.8. The summed E-state index contributed by atoms with van der Waals surface area (Å²) in [4.78, 5) is 38.5. The van der Waals surface area contributed by atoms with Gasteiger partial charge in [0, 0.05) is 24.2 Å². The molecule has 0 saturated carbocycles. The highest BCUT2D eigenvalue weighted by Crippen LogP contribution is 2.26. The van der Waals surface area contributed by atoms with Gasteiger partial charge >= 0.3 is 5.97 Å². The average molecular weight is 365 g/mol. The van der Waals surface area contributed by atoms with Crippen LogP contribution in [0.5, 0.6) is 0 Å². The summed E-state index contributed by atoms with van der Waals surface area (Å²) >= 11 is 0. The van der Waals surface area contributed by atoms with Crippen LogP contribution < -0.4 is 4.90 Å². The maximum Gasteiger partial charge on any atom is 0.311 e. The van der Waals surface area contributed by atoms with Crippen LogP contribution in [0.3, 0.4) is 0 Å². The minimum atomic E-state index is -0.550. The van der Waals surface area contributed by atoms with E-state index in [2.05, 4.69) is 0 Å². The lowest BCUT2D eigenvalue weighted by Crippen LogP contribution is -2.27. The first-order valence-corrected chi connectivity index (χ1v) is 8.99. The molecule has 1 heterocycles. The van der Waals surface area contributed by atoms with Crippen molar-refractivity contribution in [2.45, 2.75) is 27.2 Å². The summed E-state index contributed by atoms with van der Waals surface area (Å²) in [6.45, 7) is 5.76. The summed E-state index contributed by atoms with van der Waals surface area (Å²) in [6.07, 6.45) is 0.102. The SMILES string of the molecule is Cc1ccc(N2C[C@H](C(=O)OCC(=O)c3ccc(C)cc3C)CC2=O)cc1. The molecule has 1 fully saturated rings. The summed E-state index contributed by atoms with van der Waals surface area (Å²) in [6, 6.07) is 13.1. The third-order valence-electron chi connectivity index (χ3n) is 4.83. The van der Waals surface area contributed by atoms with Gasteiger partial charge in [0.2, 0.25) is 11.7 Å². The third-order valence-corrected chi connectivity index (χ3v) is 4.83. The Morgan fingerprint density at radius 1 is 1.04 bits per heavy atom. The van der Waals surface area contributed by atoms with Crippen molar-refractivity contribution in [2.75, 3.05) is 18.1 Å². The Hall–Kier alpha value is -2.95. The Bertz CT molecular complexity index is 886. The predicted octanol–water partition coefficient (Wildman–Crippen LogP) is 3.39. The fraction of sp³-hybridized carbons (Fsp3) is 0.318. The fourth-order valence-electron chi connectivity index (χ4n) is 3.30. The largest absolute Gasteiger partial charge is 0.457 e. The van der Waals surface area contributed by atoms with Crippen LogP contribution in [0.1, 0.15) is 33.5 Å². The molecule has 1 aliphatic heterocycles. The molecule has 140 valence electrons. The van der Waals surface area contributed by atoms with Crippen molar-refractivity contribution in [1.82, 2.24) is 0 Å². The van der Waals surface area contributed by atoms with E-state index in [-0.39, 0.29) is 31.3 Å². The first-order valence-electron chi connectivity index (χ1n) is 8.99. The molecule has 0 radical (unpaired) electrons. The molecule has 1 saturated heterocycles. The number of ketones is 1. The van der Waals surface area contributed by atoms with E-state index in [1.807, 2.05) is 57.2 Å². The number of hydrogen-bond donors (Lipinski definition) is 0. The van der Waals surface area contributed by atoms with Crippen molar-refractivity contribution in [3.63, 3.8) is 0 Å². The molecule has 1 amide bonds. The first-order chi connectivity index (χ1) is 12.8. The van der Waals surface area contributed by atoms with Gasteiger partial charge < -0.3 is 9.64 Å². The minimum absolute atomic E-state index is 0.102. The zero-order valence-corrected chi connectivity index (χ0v) is 15.8. The number of carbonyl (C=O) groups excluding carboxylic acids is 3. The van der Waals surface area contributed by atoms with Gasteiger partial charge in [0.05, 0.1) is 5.92 Å². The van der Waals surface area contributed by atoms with Crippen LogP contribution in [0, 0.1) is 26.7 Å². The molecule has 0 unspecified atom stereocenters. The molecule has 2 aromatic carbocycles. The van der Waals surface area contributed by atoms with Crippen molar-refractivity contribution in [3.8, 4) is 0 Å². The third kappa shape index (κ3) is 4.25. The summed E-state index contributed by atoms with van der Waals surface area (Å²) in [7, 11) is 0. The lowest BCUT2D eigenvalue weighted by atomic mass is 10.0. The van der Waals surface area contributed by atoms with Crippen molar-refractivity contribution in [2.24, 2.45) is 5.92 Å². The summed E-state index contributed by atoms with van der Waals surface area (Å²) < 4.78 is 5.21. The van der Waals surface area contributed by atoms with Crippen LogP contribution in [0.15, 0.2) is 42.5 Å². The Kier molecular flexibility index (Phi) is 5.40. The average Bonchev–Trinajstić information content (AvgIpc) is 3.02. The maximum atomic E-state index is 12.3. The van der Waals surface area contributed by atoms with E-state index in [0.717, 1.165) is 22.4 Å². The zero-order chi connectivity index (χ0) is 19.6. The Balaban J connectivity index is 1.59. The Morgan fingerprint density at radius 2 is 1.70 bits per heavy atom. The minimum Gasteiger partial charge on any atom is -0.457 e. The number of amides is 1. The number of hydrogen-bond acceptors (Lipinski definition) is 4. The quantitative estimate of drug-likeness (QED) is 0.602. The molecule has 0 aliphatic carbocycles. The van der Waals surface area contributed by atoms with Crippen LogP contribution in [0.4, 0.5) is 5.69 Å². The van der Waals surface area contributed by atoms with Crippen LogP contribution in [-0.2, 0) is 14.3 Å². The molecule has 0 spiro atoms. The molecule has 3 rings (SSSR count). The number of aryl methyl sites for hydroxylation is 3. The van der Waals surface area contributed by atoms with Crippen molar-refractivity contribution in [3.05, 3.63) is 64.7 Å². The van der Waals surface area contributed by atoms with E-state index in [0.29, 0.717) is 5.56 Å². The van der Waals surface area contributed by atoms with E-state index < -0.39 is 11.9 Å². The van der Waals surface area contributed by atoms with E-state index in [1.165, 1.54) is 0 Å². The molecular formula is C22H23NO4. The molecule has 2 aromatic rings. The maximum absolute atomic E-state index is 12.3. The number of ether oxygens (including phenoxy) is 1. The van der Waals surface area contributed by atoms with Crippen LogP contribution in [-0.4, -0.2) is 30.8 Å². The topological polar surface area (TPSA) is 63.7 Å². The van der Waals surface area contributed by atoms with Crippen LogP contribution >= 0.6 is 0 Å². The highest BCUT2D eigenvalue weighted by molar-refractivity contribution is 6.01. The highest BCUT2D eigenvalue weighted by atomic mass is 16.5. The lowest BCUT2D eigenvalue weighted by molar-refractivity contribution is -0.147. The number of benzene rings is 2. The van der Waals surface area contributed by atoms with Gasteiger partial charge in [-0.15, -0.1) is 0 Å². The number of carbonyl (C=O) groups is 3. The Morgan fingerprint density at radius 3 is 2.37 bits per heavy atom. The summed E-state index contributed by atoms with van der Waals surface area (Å²) in [5.74, 6) is -1.40. The van der Waals surface area contributed by atoms with Gasteiger partial charge in [-0.25, -0.2) is 0 Å². The van der Waals surface area contributed by atoms with Gasteiger partial charge in [-0.3, -0.25) is 14.4 Å². The Labute approximate surface area is 158 Å². The number of Topliss-reactive ketones (excluding diaryl/α,β-unsaturated/α-hetero) is 1. The molecule has 0 bridgehead atoms. The molecule has 27 heavy (non-hydrogen) atoms. The normalized spacial score (nSPS) is 16.5. The molecular weight excluding hydrogens is 342 g/mol.